The second-order valence-electron chi connectivity index (χ2n) is 5.29. The summed E-state index contributed by atoms with van der Waals surface area (Å²) in [5.74, 6) is 0.167. The molecule has 0 spiro atoms. The van der Waals surface area contributed by atoms with Gasteiger partial charge in [-0.15, -0.1) is 0 Å². The summed E-state index contributed by atoms with van der Waals surface area (Å²) in [6.07, 6.45) is 2.21. The van der Waals surface area contributed by atoms with Crippen molar-refractivity contribution in [3.05, 3.63) is 53.3 Å². The maximum absolute atomic E-state index is 9.97. The lowest BCUT2D eigenvalue weighted by Gasteiger charge is -2.06. The quantitative estimate of drug-likeness (QED) is 0.399. The molecule has 0 atom stereocenters. The van der Waals surface area contributed by atoms with E-state index in [0.717, 1.165) is 8.95 Å². The van der Waals surface area contributed by atoms with E-state index in [1.807, 2.05) is 0 Å². The zero-order chi connectivity index (χ0) is 19.3. The van der Waals surface area contributed by atoms with Crippen molar-refractivity contribution < 1.29 is 15.3 Å². The first-order chi connectivity index (χ1) is 12.3. The van der Waals surface area contributed by atoms with E-state index in [1.165, 1.54) is 12.4 Å². The van der Waals surface area contributed by atoms with E-state index in [1.54, 1.807) is 24.3 Å². The first kappa shape index (κ1) is 21.6. The fraction of sp³-hybridized carbons (Fsp3) is 0.176. The number of hydrogen-bond acceptors (Lipinski definition) is 5. The predicted octanol–water partition coefficient (Wildman–Crippen LogP) is 5.05. The van der Waals surface area contributed by atoms with Crippen molar-refractivity contribution in [1.29, 1.82) is 0 Å². The average Bonchev–Trinajstić information content (AvgIpc) is 2.56. The number of aliphatic hydroxyl groups excluding tert-OH is 1. The Morgan fingerprint density at radius 2 is 1.15 bits per heavy atom. The number of halogens is 4. The minimum atomic E-state index is -0.780. The van der Waals surface area contributed by atoms with E-state index in [9.17, 15) is 15.3 Å². The lowest BCUT2D eigenvalue weighted by molar-refractivity contribution is 0.193. The van der Waals surface area contributed by atoms with Gasteiger partial charge in [0.05, 0.1) is 28.1 Å². The van der Waals surface area contributed by atoms with E-state index in [2.05, 4.69) is 73.7 Å². The van der Waals surface area contributed by atoms with Gasteiger partial charge >= 0.3 is 0 Å². The SMILES string of the molecule is Oc1c(Br)cc(Br)cc1C=NCC(O)CN=Cc1cc(Br)cc(Br)c1O. The summed E-state index contributed by atoms with van der Waals surface area (Å²) < 4.78 is 2.71. The van der Waals surface area contributed by atoms with Crippen LogP contribution >= 0.6 is 63.7 Å². The normalized spacial score (nSPS) is 13.0. The Bertz CT molecular complexity index is 787. The molecule has 2 rings (SSSR count). The van der Waals surface area contributed by atoms with Crippen molar-refractivity contribution in [3.8, 4) is 11.5 Å². The van der Waals surface area contributed by atoms with Gasteiger partial charge in [-0.3, -0.25) is 9.98 Å². The van der Waals surface area contributed by atoms with Crippen molar-refractivity contribution in [2.75, 3.05) is 13.1 Å². The largest absolute Gasteiger partial charge is 0.506 e. The van der Waals surface area contributed by atoms with Crippen molar-refractivity contribution in [3.63, 3.8) is 0 Å². The van der Waals surface area contributed by atoms with Gasteiger partial charge in [-0.05, 0) is 56.1 Å². The summed E-state index contributed by atoms with van der Waals surface area (Å²) in [5.41, 5.74) is 1.07. The molecule has 0 fully saturated rings. The highest BCUT2D eigenvalue weighted by Gasteiger charge is 2.07. The van der Waals surface area contributed by atoms with Gasteiger partial charge in [-0.25, -0.2) is 0 Å². The highest BCUT2D eigenvalue weighted by atomic mass is 79.9. The van der Waals surface area contributed by atoms with Crippen LogP contribution in [-0.4, -0.2) is 46.9 Å². The Labute approximate surface area is 184 Å². The number of rotatable bonds is 6. The van der Waals surface area contributed by atoms with Crippen LogP contribution in [0.2, 0.25) is 0 Å². The van der Waals surface area contributed by atoms with Crippen LogP contribution in [0.1, 0.15) is 11.1 Å². The van der Waals surface area contributed by atoms with Crippen molar-refractivity contribution >= 4 is 76.1 Å². The third kappa shape index (κ3) is 6.16. The summed E-state index contributed by atoms with van der Waals surface area (Å²) >= 11 is 13.2. The van der Waals surface area contributed by atoms with E-state index in [4.69, 9.17) is 0 Å². The molecule has 0 unspecified atom stereocenters. The van der Waals surface area contributed by atoms with Crippen LogP contribution in [0.4, 0.5) is 0 Å². The van der Waals surface area contributed by atoms with Gasteiger partial charge < -0.3 is 15.3 Å². The van der Waals surface area contributed by atoms with Gasteiger partial charge in [0.15, 0.2) is 0 Å². The third-order valence-corrected chi connectivity index (χ3v) is 5.33. The molecule has 26 heavy (non-hydrogen) atoms. The summed E-state index contributed by atoms with van der Waals surface area (Å²) in [4.78, 5) is 8.28. The lowest BCUT2D eigenvalue weighted by atomic mass is 10.2. The zero-order valence-corrected chi connectivity index (χ0v) is 19.5. The molecular weight excluding hydrogens is 600 g/mol. The molecule has 2 aromatic carbocycles. The fourth-order valence-corrected chi connectivity index (χ4v) is 4.49. The van der Waals surface area contributed by atoms with Crippen molar-refractivity contribution in [1.82, 2.24) is 0 Å². The average molecular weight is 614 g/mol. The number of aromatic hydroxyl groups is 2. The van der Waals surface area contributed by atoms with Crippen LogP contribution in [-0.2, 0) is 0 Å². The maximum atomic E-state index is 9.97. The van der Waals surface area contributed by atoms with Gasteiger partial charge in [0.1, 0.15) is 11.5 Å². The fourth-order valence-electron chi connectivity index (χ4n) is 1.97. The number of benzene rings is 2. The van der Waals surface area contributed by atoms with E-state index >= 15 is 0 Å². The number of phenolic OH excluding ortho intramolecular Hbond substituents is 2. The first-order valence-electron chi connectivity index (χ1n) is 7.31. The zero-order valence-electron chi connectivity index (χ0n) is 13.2. The molecular formula is C17H14Br4N2O3. The van der Waals surface area contributed by atoms with Gasteiger partial charge in [-0.1, -0.05) is 31.9 Å². The summed E-state index contributed by atoms with van der Waals surface area (Å²) in [6.45, 7) is 0.268. The van der Waals surface area contributed by atoms with Gasteiger partial charge in [-0.2, -0.15) is 0 Å². The van der Waals surface area contributed by atoms with Crippen LogP contribution in [0.5, 0.6) is 11.5 Å². The molecule has 0 radical (unpaired) electrons. The summed E-state index contributed by atoms with van der Waals surface area (Å²) in [7, 11) is 0. The lowest BCUT2D eigenvalue weighted by Crippen LogP contribution is -2.15. The third-order valence-electron chi connectivity index (χ3n) is 3.21. The molecule has 0 aliphatic carbocycles. The molecule has 0 amide bonds. The summed E-state index contributed by atoms with van der Waals surface area (Å²) in [5, 5.41) is 29.9. The molecule has 0 aliphatic rings. The van der Waals surface area contributed by atoms with Gasteiger partial charge in [0.25, 0.3) is 0 Å². The predicted molar refractivity (Wildman–Crippen MR) is 118 cm³/mol. The minimum absolute atomic E-state index is 0.0835. The number of hydrogen-bond donors (Lipinski definition) is 3. The number of aliphatic imine (C=N–C) groups is 2. The molecule has 0 saturated carbocycles. The Morgan fingerprint density at radius 1 is 0.769 bits per heavy atom. The Hall–Kier alpha value is -0.740. The molecule has 138 valence electrons. The summed E-state index contributed by atoms with van der Waals surface area (Å²) in [6, 6.07) is 6.90. The number of phenols is 2. The highest BCUT2D eigenvalue weighted by Crippen LogP contribution is 2.31. The number of aliphatic hydroxyl groups is 1. The molecule has 9 heteroatoms. The highest BCUT2D eigenvalue weighted by molar-refractivity contribution is 9.11. The van der Waals surface area contributed by atoms with E-state index in [0.29, 0.717) is 20.1 Å². The number of nitrogens with zero attached hydrogens (tertiary/aromatic N) is 2. The molecule has 3 N–H and O–H groups in total. The Balaban J connectivity index is 1.95. The van der Waals surface area contributed by atoms with E-state index < -0.39 is 6.10 Å². The van der Waals surface area contributed by atoms with Gasteiger partial charge in [0, 0.05) is 32.5 Å². The smallest absolute Gasteiger partial charge is 0.138 e. The van der Waals surface area contributed by atoms with Gasteiger partial charge in [0.2, 0.25) is 0 Å². The van der Waals surface area contributed by atoms with Crippen LogP contribution in [0.3, 0.4) is 0 Å². The van der Waals surface area contributed by atoms with Crippen molar-refractivity contribution in [2.45, 2.75) is 6.10 Å². The molecule has 2 aromatic rings. The molecule has 0 aliphatic heterocycles. The molecule has 0 saturated heterocycles. The molecule has 0 aromatic heterocycles. The first-order valence-corrected chi connectivity index (χ1v) is 10.5. The second kappa shape index (κ2) is 9.98. The van der Waals surface area contributed by atoms with E-state index in [-0.39, 0.29) is 24.6 Å². The Kier molecular flexibility index (Phi) is 8.28. The van der Waals surface area contributed by atoms with Crippen LogP contribution < -0.4 is 0 Å². The molecule has 0 heterocycles. The standard InChI is InChI=1S/C17H14Br4N2O3/c18-11-1-9(16(25)14(20)3-11)5-22-7-13(24)8-23-6-10-2-12(19)4-15(21)17(10)26/h1-6,13,24-26H,7-8H2. The topological polar surface area (TPSA) is 85.4 Å². The maximum Gasteiger partial charge on any atom is 0.138 e. The molecule has 0 bridgehead atoms. The van der Waals surface area contributed by atoms with Crippen LogP contribution in [0.15, 0.2) is 52.1 Å². The second-order valence-corrected chi connectivity index (χ2v) is 8.83. The minimum Gasteiger partial charge on any atom is -0.506 e. The molecule has 5 nitrogen and oxygen atoms in total. The van der Waals surface area contributed by atoms with Crippen LogP contribution in [0.25, 0.3) is 0 Å². The van der Waals surface area contributed by atoms with Crippen LogP contribution in [0, 0.1) is 0 Å². The van der Waals surface area contributed by atoms with Crippen molar-refractivity contribution in [2.24, 2.45) is 9.98 Å². The monoisotopic (exact) mass is 610 g/mol. The Morgan fingerprint density at radius 3 is 1.54 bits per heavy atom.